The Morgan fingerprint density at radius 2 is 0.977 bits per heavy atom. The highest BCUT2D eigenvalue weighted by Gasteiger charge is 2.28. The molecule has 4 aromatic carbocycles. The second-order valence-corrected chi connectivity index (χ2v) is 14.0. The molecular formula is C38H44Br2N2O2. The van der Waals surface area contributed by atoms with Crippen LogP contribution in [-0.2, 0) is 13.1 Å². The van der Waals surface area contributed by atoms with Gasteiger partial charge in [0, 0.05) is 60.0 Å². The molecular weight excluding hydrogens is 676 g/mol. The highest BCUT2D eigenvalue weighted by molar-refractivity contribution is 9.10. The van der Waals surface area contributed by atoms with Crippen LogP contribution in [0, 0.1) is 11.8 Å². The molecule has 0 amide bonds. The summed E-state index contributed by atoms with van der Waals surface area (Å²) >= 11 is 7.00. The number of halogens is 2. The summed E-state index contributed by atoms with van der Waals surface area (Å²) in [7, 11) is 0. The molecule has 4 nitrogen and oxygen atoms in total. The number of benzene rings is 4. The molecule has 2 aliphatic rings. The van der Waals surface area contributed by atoms with Crippen LogP contribution >= 0.6 is 31.9 Å². The van der Waals surface area contributed by atoms with Crippen LogP contribution in [0.25, 0.3) is 0 Å². The van der Waals surface area contributed by atoms with E-state index >= 15 is 0 Å². The van der Waals surface area contributed by atoms with Crippen LogP contribution in [-0.4, -0.2) is 48.2 Å². The second-order valence-electron chi connectivity index (χ2n) is 12.2. The zero-order chi connectivity index (χ0) is 30.7. The Labute approximate surface area is 280 Å². The third-order valence-electron chi connectivity index (χ3n) is 8.49. The van der Waals surface area contributed by atoms with E-state index in [2.05, 4.69) is 116 Å². The summed E-state index contributed by atoms with van der Waals surface area (Å²) in [5, 5.41) is 0. The molecule has 44 heavy (non-hydrogen) atoms. The zero-order valence-corrected chi connectivity index (χ0v) is 29.0. The third kappa shape index (κ3) is 10.2. The van der Waals surface area contributed by atoms with Crippen molar-refractivity contribution in [3.05, 3.63) is 129 Å². The van der Waals surface area contributed by atoms with Crippen molar-refractivity contribution in [3.63, 3.8) is 0 Å². The molecule has 4 aromatic rings. The number of rotatable bonds is 8. The molecule has 0 unspecified atom stereocenters. The van der Waals surface area contributed by atoms with Gasteiger partial charge in [0.2, 0.25) is 0 Å². The first-order valence-corrected chi connectivity index (χ1v) is 17.4. The van der Waals surface area contributed by atoms with Gasteiger partial charge in [-0.3, -0.25) is 9.80 Å². The molecule has 6 heteroatoms. The van der Waals surface area contributed by atoms with Crippen LogP contribution in [0.2, 0.25) is 0 Å². The van der Waals surface area contributed by atoms with Crippen molar-refractivity contribution in [3.8, 4) is 11.5 Å². The maximum Gasteiger partial charge on any atom is 0.120 e. The zero-order valence-electron chi connectivity index (χ0n) is 25.8. The predicted octanol–water partition coefficient (Wildman–Crippen LogP) is 9.48. The van der Waals surface area contributed by atoms with E-state index in [-0.39, 0.29) is 0 Å². The first-order valence-electron chi connectivity index (χ1n) is 15.8. The molecule has 0 aromatic heterocycles. The molecule has 0 aliphatic carbocycles. The van der Waals surface area contributed by atoms with Crippen LogP contribution < -0.4 is 9.47 Å². The van der Waals surface area contributed by atoms with Gasteiger partial charge in [-0.15, -0.1) is 0 Å². The summed E-state index contributed by atoms with van der Waals surface area (Å²) in [6, 6.07) is 37.7. The summed E-state index contributed by atoms with van der Waals surface area (Å²) in [6.07, 6.45) is 2.78. The normalized spacial score (nSPS) is 22.5. The lowest BCUT2D eigenvalue weighted by molar-refractivity contribution is 0.0489. The summed E-state index contributed by atoms with van der Waals surface area (Å²) in [5.41, 5.74) is 2.78. The lowest BCUT2D eigenvalue weighted by atomic mass is 9.96. The third-order valence-corrected chi connectivity index (χ3v) is 9.47. The lowest BCUT2D eigenvalue weighted by Crippen LogP contribution is -2.43. The summed E-state index contributed by atoms with van der Waals surface area (Å²) in [4.78, 5) is 5.06. The van der Waals surface area contributed by atoms with Crippen molar-refractivity contribution in [2.75, 3.05) is 26.2 Å². The molecule has 4 atom stereocenters. The number of ether oxygens (including phenoxy) is 2. The fourth-order valence-electron chi connectivity index (χ4n) is 6.17. The maximum atomic E-state index is 6.19. The van der Waals surface area contributed by atoms with Gasteiger partial charge >= 0.3 is 0 Å². The maximum absolute atomic E-state index is 6.19. The molecule has 0 bridgehead atoms. The minimum Gasteiger partial charge on any atom is -0.490 e. The van der Waals surface area contributed by atoms with Crippen LogP contribution in [0.4, 0.5) is 0 Å². The van der Waals surface area contributed by atoms with E-state index in [0.717, 1.165) is 72.6 Å². The number of likely N-dealkylation sites (tertiary alicyclic amines) is 2. The minimum absolute atomic E-state index is 0.307. The quantitative estimate of drug-likeness (QED) is 0.181. The first kappa shape index (κ1) is 32.7. The summed E-state index contributed by atoms with van der Waals surface area (Å²) in [6.45, 7) is 11.0. The molecule has 2 heterocycles. The molecule has 0 spiro atoms. The van der Waals surface area contributed by atoms with Gasteiger partial charge in [0.15, 0.2) is 0 Å². The monoisotopic (exact) mass is 718 g/mol. The van der Waals surface area contributed by atoms with Gasteiger partial charge in [0.25, 0.3) is 0 Å². The van der Waals surface area contributed by atoms with Gasteiger partial charge in [0.05, 0.1) is 0 Å². The molecule has 0 radical (unpaired) electrons. The van der Waals surface area contributed by atoms with Gasteiger partial charge in [-0.05, 0) is 60.4 Å². The van der Waals surface area contributed by atoms with E-state index in [0.29, 0.717) is 24.0 Å². The Bertz CT molecular complexity index is 1310. The fourth-order valence-corrected chi connectivity index (χ4v) is 6.93. The topological polar surface area (TPSA) is 24.9 Å². The van der Waals surface area contributed by atoms with E-state index in [1.165, 1.54) is 11.1 Å². The van der Waals surface area contributed by atoms with Gasteiger partial charge < -0.3 is 9.47 Å². The predicted molar refractivity (Wildman–Crippen MR) is 188 cm³/mol. The average Bonchev–Trinajstić information content (AvgIpc) is 3.01. The Kier molecular flexibility index (Phi) is 12.4. The van der Waals surface area contributed by atoms with Gasteiger partial charge in [-0.2, -0.15) is 0 Å². The highest BCUT2D eigenvalue weighted by atomic mass is 79.9. The number of nitrogens with zero attached hydrogens (tertiary/aromatic N) is 2. The fraction of sp³-hybridized carbons (Fsp3) is 0.368. The number of piperidine rings is 2. The Hall–Kier alpha value is -2.64. The van der Waals surface area contributed by atoms with Gasteiger partial charge in [-0.1, -0.05) is 119 Å². The van der Waals surface area contributed by atoms with E-state index in [1.807, 2.05) is 48.5 Å². The van der Waals surface area contributed by atoms with Crippen LogP contribution in [0.3, 0.4) is 0 Å². The first-order chi connectivity index (χ1) is 21.4. The summed E-state index contributed by atoms with van der Waals surface area (Å²) in [5.74, 6) is 3.00. The lowest BCUT2D eigenvalue weighted by Gasteiger charge is -2.37. The van der Waals surface area contributed by atoms with E-state index in [1.54, 1.807) is 0 Å². The molecule has 2 fully saturated rings. The van der Waals surface area contributed by atoms with E-state index in [4.69, 9.17) is 9.47 Å². The Morgan fingerprint density at radius 1 is 0.568 bits per heavy atom. The number of hydrogen-bond donors (Lipinski definition) is 0. The second kappa shape index (κ2) is 16.6. The Morgan fingerprint density at radius 3 is 1.34 bits per heavy atom. The van der Waals surface area contributed by atoms with Crippen molar-refractivity contribution < 1.29 is 9.47 Å². The molecule has 6 rings (SSSR count). The van der Waals surface area contributed by atoms with E-state index in [9.17, 15) is 0 Å². The molecule has 0 N–H and O–H groups in total. The number of hydrogen-bond acceptors (Lipinski definition) is 4. The van der Waals surface area contributed by atoms with Crippen molar-refractivity contribution >= 4 is 31.9 Å². The summed E-state index contributed by atoms with van der Waals surface area (Å²) < 4.78 is 14.5. The average molecular weight is 721 g/mol. The van der Waals surface area contributed by atoms with Crippen LogP contribution in [0.5, 0.6) is 11.5 Å². The van der Waals surface area contributed by atoms with Gasteiger partial charge in [-0.25, -0.2) is 0 Å². The smallest absolute Gasteiger partial charge is 0.120 e. The SMILES string of the molecule is C[C@@H]1CN(Cc2ccccc2)CC[C@@H]1Oc1cccc(Br)c1.C[C@H]1CN(Cc2ccccc2)CC[C@H]1Oc1cccc(Br)c1. The molecule has 0 saturated carbocycles. The van der Waals surface area contributed by atoms with E-state index < -0.39 is 0 Å². The van der Waals surface area contributed by atoms with Crippen LogP contribution in [0.15, 0.2) is 118 Å². The van der Waals surface area contributed by atoms with Crippen LogP contribution in [0.1, 0.15) is 37.8 Å². The van der Waals surface area contributed by atoms with Crippen molar-refractivity contribution in [1.29, 1.82) is 0 Å². The standard InChI is InChI=1S/2C19H22BrNO/c2*1-15-13-21(14-16-6-3-2-4-7-16)11-10-19(15)22-18-9-5-8-17(20)12-18/h2*2-9,12,15,19H,10-11,13-14H2,1H3/t2*15-,19+/m10/s1. The molecule has 2 aliphatic heterocycles. The van der Waals surface area contributed by atoms with Crippen molar-refractivity contribution in [2.24, 2.45) is 11.8 Å². The highest BCUT2D eigenvalue weighted by Crippen LogP contribution is 2.27. The molecule has 2 saturated heterocycles. The molecule has 232 valence electrons. The van der Waals surface area contributed by atoms with Crippen molar-refractivity contribution in [2.45, 2.75) is 52.0 Å². The Balaban J connectivity index is 0.000000175. The van der Waals surface area contributed by atoms with Crippen molar-refractivity contribution in [1.82, 2.24) is 9.80 Å². The minimum atomic E-state index is 0.307. The largest absolute Gasteiger partial charge is 0.490 e. The van der Waals surface area contributed by atoms with Gasteiger partial charge in [0.1, 0.15) is 23.7 Å².